The van der Waals surface area contributed by atoms with Crippen molar-refractivity contribution in [1.82, 2.24) is 0 Å². The molecule has 0 saturated heterocycles. The van der Waals surface area contributed by atoms with Gasteiger partial charge in [-0.15, -0.1) is 0 Å². The monoisotopic (exact) mass is 444 g/mol. The van der Waals surface area contributed by atoms with E-state index in [1.807, 2.05) is 121 Å². The van der Waals surface area contributed by atoms with Gasteiger partial charge in [-0.05, 0) is 47.5 Å². The predicted molar refractivity (Wildman–Crippen MR) is 139 cm³/mol. The van der Waals surface area contributed by atoms with Crippen LogP contribution in [0.15, 0.2) is 121 Å². The third-order valence-electron chi connectivity index (χ3n) is 5.48. The van der Waals surface area contributed by atoms with Gasteiger partial charge >= 0.3 is 0 Å². The van der Waals surface area contributed by atoms with E-state index in [0.717, 1.165) is 22.3 Å². The second-order valence-electron chi connectivity index (χ2n) is 7.89. The lowest BCUT2D eigenvalue weighted by molar-refractivity contribution is 0.473. The van der Waals surface area contributed by atoms with E-state index in [-0.39, 0.29) is 0 Å². The van der Waals surface area contributed by atoms with Gasteiger partial charge in [0.2, 0.25) is 0 Å². The normalized spacial score (nSPS) is 10.6. The van der Waals surface area contributed by atoms with Crippen LogP contribution in [0.3, 0.4) is 0 Å². The van der Waals surface area contributed by atoms with Crippen molar-refractivity contribution in [2.75, 3.05) is 11.5 Å². The van der Waals surface area contributed by atoms with Gasteiger partial charge < -0.3 is 20.9 Å². The molecule has 0 aliphatic rings. The highest BCUT2D eigenvalue weighted by atomic mass is 16.5. The summed E-state index contributed by atoms with van der Waals surface area (Å²) in [5.41, 5.74) is 17.2. The Balaban J connectivity index is 1.71. The molecule has 5 aromatic carbocycles. The van der Waals surface area contributed by atoms with Crippen molar-refractivity contribution in [2.45, 2.75) is 0 Å². The fraction of sp³-hybridized carbons (Fsp3) is 0. The molecule has 0 atom stereocenters. The van der Waals surface area contributed by atoms with Crippen molar-refractivity contribution in [1.29, 1.82) is 0 Å². The van der Waals surface area contributed by atoms with E-state index in [9.17, 15) is 0 Å². The molecule has 0 unspecified atom stereocenters. The number of hydrogen-bond acceptors (Lipinski definition) is 4. The van der Waals surface area contributed by atoms with E-state index < -0.39 is 0 Å². The van der Waals surface area contributed by atoms with Gasteiger partial charge in [-0.2, -0.15) is 0 Å². The molecule has 0 aliphatic heterocycles. The zero-order valence-electron chi connectivity index (χ0n) is 18.5. The Morgan fingerprint density at radius 1 is 0.441 bits per heavy atom. The molecule has 0 saturated carbocycles. The number of para-hydroxylation sites is 2. The summed E-state index contributed by atoms with van der Waals surface area (Å²) in [4.78, 5) is 0. The van der Waals surface area contributed by atoms with Crippen LogP contribution in [0.25, 0.3) is 22.3 Å². The minimum absolute atomic E-state index is 0.572. The lowest BCUT2D eigenvalue weighted by atomic mass is 9.97. The first-order valence-corrected chi connectivity index (χ1v) is 11.0. The Kier molecular flexibility index (Phi) is 5.87. The number of ether oxygens (including phenoxy) is 2. The molecular formula is C30H24N2O2. The zero-order chi connectivity index (χ0) is 23.3. The largest absolute Gasteiger partial charge is 0.457 e. The number of rotatable bonds is 6. The van der Waals surface area contributed by atoms with Crippen LogP contribution in [0.5, 0.6) is 23.0 Å². The van der Waals surface area contributed by atoms with Gasteiger partial charge in [0.25, 0.3) is 0 Å². The van der Waals surface area contributed by atoms with E-state index in [1.165, 1.54) is 0 Å². The Morgan fingerprint density at radius 2 is 1.00 bits per heavy atom. The molecule has 0 radical (unpaired) electrons. The average Bonchev–Trinajstić information content (AvgIpc) is 2.87. The maximum Gasteiger partial charge on any atom is 0.150 e. The number of nitrogen functional groups attached to an aromatic ring is 2. The Morgan fingerprint density at radius 3 is 1.59 bits per heavy atom. The standard InChI is InChI=1S/C30H24N2O2/c31-23-14-9-15-24(18-23)33-29-19-26(22-12-5-2-6-13-22)30(34-28-17-8-7-16-27(28)32)20-25(29)21-10-3-1-4-11-21/h1-20H,31-32H2. The molecule has 0 aliphatic carbocycles. The van der Waals surface area contributed by atoms with Crippen molar-refractivity contribution in [3.8, 4) is 45.3 Å². The highest BCUT2D eigenvalue weighted by molar-refractivity contribution is 5.82. The van der Waals surface area contributed by atoms with Crippen LogP contribution in [0, 0.1) is 0 Å². The maximum absolute atomic E-state index is 6.38. The van der Waals surface area contributed by atoms with Crippen LogP contribution < -0.4 is 20.9 Å². The van der Waals surface area contributed by atoms with Gasteiger partial charge in [0.1, 0.15) is 23.0 Å². The van der Waals surface area contributed by atoms with Gasteiger partial charge in [-0.3, -0.25) is 0 Å². The summed E-state index contributed by atoms with van der Waals surface area (Å²) in [5.74, 6) is 2.65. The molecule has 0 spiro atoms. The molecule has 0 bridgehead atoms. The minimum Gasteiger partial charge on any atom is -0.457 e. The zero-order valence-corrected chi connectivity index (χ0v) is 18.5. The molecule has 0 heterocycles. The van der Waals surface area contributed by atoms with E-state index in [0.29, 0.717) is 34.4 Å². The number of hydrogen-bond donors (Lipinski definition) is 2. The first-order valence-electron chi connectivity index (χ1n) is 11.0. The highest BCUT2D eigenvalue weighted by Gasteiger charge is 2.17. The molecule has 4 N–H and O–H groups in total. The molecule has 34 heavy (non-hydrogen) atoms. The predicted octanol–water partition coefficient (Wildman–Crippen LogP) is 7.77. The van der Waals surface area contributed by atoms with Crippen LogP contribution in [0.4, 0.5) is 11.4 Å². The smallest absolute Gasteiger partial charge is 0.150 e. The van der Waals surface area contributed by atoms with Crippen molar-refractivity contribution < 1.29 is 9.47 Å². The second kappa shape index (κ2) is 9.43. The molecule has 0 aromatic heterocycles. The molecule has 4 heteroatoms. The number of benzene rings is 5. The summed E-state index contributed by atoms with van der Waals surface area (Å²) in [6.07, 6.45) is 0. The highest BCUT2D eigenvalue weighted by Crippen LogP contribution is 2.44. The van der Waals surface area contributed by atoms with E-state index in [1.54, 1.807) is 0 Å². The van der Waals surface area contributed by atoms with Crippen molar-refractivity contribution in [3.05, 3.63) is 121 Å². The summed E-state index contributed by atoms with van der Waals surface area (Å²) < 4.78 is 12.8. The molecule has 0 amide bonds. The summed E-state index contributed by atoms with van der Waals surface area (Å²) in [5, 5.41) is 0. The minimum atomic E-state index is 0.572. The molecule has 5 aromatic rings. The Hall–Kier alpha value is -4.70. The van der Waals surface area contributed by atoms with E-state index >= 15 is 0 Å². The first-order chi connectivity index (χ1) is 16.7. The molecule has 4 nitrogen and oxygen atoms in total. The Labute approximate surface area is 199 Å². The van der Waals surface area contributed by atoms with Gasteiger partial charge in [0, 0.05) is 22.9 Å². The summed E-state index contributed by atoms with van der Waals surface area (Å²) in [6.45, 7) is 0. The van der Waals surface area contributed by atoms with Crippen molar-refractivity contribution >= 4 is 11.4 Å². The van der Waals surface area contributed by atoms with Gasteiger partial charge in [0.15, 0.2) is 0 Å². The molecule has 5 rings (SSSR count). The first kappa shape index (κ1) is 21.2. The van der Waals surface area contributed by atoms with Crippen LogP contribution in [-0.2, 0) is 0 Å². The van der Waals surface area contributed by atoms with E-state index in [2.05, 4.69) is 0 Å². The average molecular weight is 445 g/mol. The maximum atomic E-state index is 6.38. The Bertz CT molecular complexity index is 1420. The number of anilines is 2. The fourth-order valence-corrected chi connectivity index (χ4v) is 3.81. The lowest BCUT2D eigenvalue weighted by Gasteiger charge is -2.19. The quantitative estimate of drug-likeness (QED) is 0.262. The van der Waals surface area contributed by atoms with Crippen LogP contribution in [0.2, 0.25) is 0 Å². The van der Waals surface area contributed by atoms with Gasteiger partial charge in [-0.25, -0.2) is 0 Å². The molecule has 0 fully saturated rings. The van der Waals surface area contributed by atoms with Crippen LogP contribution >= 0.6 is 0 Å². The molecule has 166 valence electrons. The third-order valence-corrected chi connectivity index (χ3v) is 5.48. The SMILES string of the molecule is Nc1cccc(Oc2cc(-c3ccccc3)c(Oc3ccccc3N)cc2-c2ccccc2)c1. The lowest BCUT2D eigenvalue weighted by Crippen LogP contribution is -1.96. The van der Waals surface area contributed by atoms with Crippen LogP contribution in [-0.4, -0.2) is 0 Å². The topological polar surface area (TPSA) is 70.5 Å². The van der Waals surface area contributed by atoms with Gasteiger partial charge in [-0.1, -0.05) is 78.9 Å². The number of nitrogens with two attached hydrogens (primary N) is 2. The van der Waals surface area contributed by atoms with Gasteiger partial charge in [0.05, 0.1) is 5.69 Å². The fourth-order valence-electron chi connectivity index (χ4n) is 3.81. The van der Waals surface area contributed by atoms with Crippen molar-refractivity contribution in [2.24, 2.45) is 0 Å². The molecular weight excluding hydrogens is 420 g/mol. The second-order valence-corrected chi connectivity index (χ2v) is 7.89. The van der Waals surface area contributed by atoms with E-state index in [4.69, 9.17) is 20.9 Å². The summed E-state index contributed by atoms with van der Waals surface area (Å²) >= 11 is 0. The van der Waals surface area contributed by atoms with Crippen LogP contribution in [0.1, 0.15) is 0 Å². The summed E-state index contributed by atoms with van der Waals surface area (Å²) in [7, 11) is 0. The van der Waals surface area contributed by atoms with Crippen molar-refractivity contribution in [3.63, 3.8) is 0 Å². The third kappa shape index (κ3) is 4.57. The summed E-state index contributed by atoms with van der Waals surface area (Å²) in [6, 6.07) is 39.1.